The third-order valence-corrected chi connectivity index (χ3v) is 6.49. The van der Waals surface area contributed by atoms with E-state index in [2.05, 4.69) is 14.5 Å². The molecule has 3 aromatic rings. The zero-order chi connectivity index (χ0) is 25.4. The van der Waals surface area contributed by atoms with Gasteiger partial charge in [-0.1, -0.05) is 18.2 Å². The number of alkyl halides is 6. The molecule has 0 saturated heterocycles. The number of ether oxygens (including phenoxy) is 1. The van der Waals surface area contributed by atoms with Gasteiger partial charge >= 0.3 is 12.5 Å². The molecule has 1 N–H and O–H groups in total. The van der Waals surface area contributed by atoms with Crippen molar-refractivity contribution in [1.82, 2.24) is 0 Å². The quantitative estimate of drug-likeness (QED) is 0.438. The van der Waals surface area contributed by atoms with Crippen LogP contribution in [-0.4, -0.2) is 27.0 Å². The van der Waals surface area contributed by atoms with Crippen LogP contribution in [0.15, 0.2) is 76.6 Å². The van der Waals surface area contributed by atoms with Crippen LogP contribution in [0.25, 0.3) is 0 Å². The van der Waals surface area contributed by atoms with E-state index in [4.69, 9.17) is 0 Å². The highest BCUT2D eigenvalue weighted by Gasteiger charge is 2.32. The van der Waals surface area contributed by atoms with Gasteiger partial charge in [-0.3, -0.25) is 9.71 Å². The van der Waals surface area contributed by atoms with E-state index in [1.165, 1.54) is 18.2 Å². The lowest BCUT2D eigenvalue weighted by Crippen LogP contribution is -2.18. The fourth-order valence-corrected chi connectivity index (χ4v) is 4.64. The third kappa shape index (κ3) is 5.76. The van der Waals surface area contributed by atoms with Crippen molar-refractivity contribution in [1.29, 1.82) is 0 Å². The second kappa shape index (κ2) is 8.91. The number of fused-ring (bicyclic) bond motifs is 1. The Morgan fingerprint density at radius 3 is 2.26 bits per heavy atom. The molecule has 0 fully saturated rings. The van der Waals surface area contributed by atoms with Crippen LogP contribution >= 0.6 is 0 Å². The first-order valence-corrected chi connectivity index (χ1v) is 11.5. The number of sulfonamides is 1. The van der Waals surface area contributed by atoms with Gasteiger partial charge in [-0.15, -0.1) is 13.2 Å². The molecule has 4 rings (SSSR count). The molecule has 3 aromatic carbocycles. The smallest absolute Gasteiger partial charge is 0.406 e. The Morgan fingerprint density at radius 1 is 0.886 bits per heavy atom. The molecule has 0 aromatic heterocycles. The molecule has 184 valence electrons. The topological polar surface area (TPSA) is 67.8 Å². The van der Waals surface area contributed by atoms with Crippen molar-refractivity contribution in [2.24, 2.45) is 4.99 Å². The lowest BCUT2D eigenvalue weighted by atomic mass is 9.91. The number of halogens is 6. The summed E-state index contributed by atoms with van der Waals surface area (Å²) in [6, 6.07) is 13.2. The molecule has 0 atom stereocenters. The minimum atomic E-state index is -4.91. The number of aliphatic imine (C=N–C) groups is 1. The molecule has 0 unspecified atom stereocenters. The number of nitrogens with zero attached hydrogens (tertiary/aromatic N) is 1. The lowest BCUT2D eigenvalue weighted by Gasteiger charge is -2.19. The number of benzene rings is 3. The molecule has 12 heteroatoms. The molecule has 1 heterocycles. The summed E-state index contributed by atoms with van der Waals surface area (Å²) in [6.07, 6.45) is -9.05. The third-order valence-electron chi connectivity index (χ3n) is 5.09. The van der Waals surface area contributed by atoms with Crippen LogP contribution in [0.5, 0.6) is 5.75 Å². The maximum absolute atomic E-state index is 13.1. The highest BCUT2D eigenvalue weighted by atomic mass is 32.2. The van der Waals surface area contributed by atoms with E-state index in [0.29, 0.717) is 28.8 Å². The Hall–Kier alpha value is -3.54. The van der Waals surface area contributed by atoms with Crippen molar-refractivity contribution in [3.63, 3.8) is 0 Å². The van der Waals surface area contributed by atoms with Gasteiger partial charge in [0.15, 0.2) is 0 Å². The molecule has 1 aliphatic rings. The van der Waals surface area contributed by atoms with Crippen LogP contribution in [0.2, 0.25) is 0 Å². The van der Waals surface area contributed by atoms with Crippen molar-refractivity contribution < 1.29 is 39.5 Å². The predicted molar refractivity (Wildman–Crippen MR) is 116 cm³/mol. The van der Waals surface area contributed by atoms with Crippen molar-refractivity contribution in [2.45, 2.75) is 23.9 Å². The highest BCUT2D eigenvalue weighted by Crippen LogP contribution is 2.33. The van der Waals surface area contributed by atoms with Crippen molar-refractivity contribution in [3.8, 4) is 5.75 Å². The van der Waals surface area contributed by atoms with E-state index in [0.717, 1.165) is 36.4 Å². The summed E-state index contributed by atoms with van der Waals surface area (Å²) in [5.41, 5.74) is 1.29. The van der Waals surface area contributed by atoms with Gasteiger partial charge in [-0.25, -0.2) is 8.42 Å². The molecule has 0 spiro atoms. The van der Waals surface area contributed by atoms with Crippen LogP contribution in [0.4, 0.5) is 32.0 Å². The average molecular weight is 514 g/mol. The summed E-state index contributed by atoms with van der Waals surface area (Å²) in [7, 11) is -4.16. The van der Waals surface area contributed by atoms with Crippen LogP contribution in [0, 0.1) is 0 Å². The Balaban J connectivity index is 1.58. The summed E-state index contributed by atoms with van der Waals surface area (Å²) in [5, 5.41) is 0. The van der Waals surface area contributed by atoms with E-state index < -0.39 is 33.9 Å². The summed E-state index contributed by atoms with van der Waals surface area (Å²) in [5.74, 6) is -0.568. The maximum atomic E-state index is 13.1. The molecule has 0 saturated carbocycles. The summed E-state index contributed by atoms with van der Waals surface area (Å²) >= 11 is 0. The van der Waals surface area contributed by atoms with Gasteiger partial charge in [0.1, 0.15) is 5.75 Å². The largest absolute Gasteiger partial charge is 0.573 e. The van der Waals surface area contributed by atoms with Gasteiger partial charge in [0, 0.05) is 23.4 Å². The number of anilines is 1. The van der Waals surface area contributed by atoms with E-state index in [-0.39, 0.29) is 17.1 Å². The Kier molecular flexibility index (Phi) is 6.26. The van der Waals surface area contributed by atoms with Gasteiger partial charge in [-0.2, -0.15) is 13.2 Å². The average Bonchev–Trinajstić information content (AvgIpc) is 2.77. The first-order chi connectivity index (χ1) is 16.3. The monoisotopic (exact) mass is 514 g/mol. The molecule has 35 heavy (non-hydrogen) atoms. The van der Waals surface area contributed by atoms with Gasteiger partial charge in [-0.05, 0) is 60.5 Å². The fourth-order valence-electron chi connectivity index (χ4n) is 3.59. The molecule has 0 radical (unpaired) electrons. The zero-order valence-electron chi connectivity index (χ0n) is 17.6. The van der Waals surface area contributed by atoms with Gasteiger partial charge in [0.05, 0.1) is 16.2 Å². The molecular formula is C23H16F6N2O3S. The molecular weight excluding hydrogens is 498 g/mol. The Morgan fingerprint density at radius 2 is 1.60 bits per heavy atom. The van der Waals surface area contributed by atoms with Gasteiger partial charge in [0.2, 0.25) is 0 Å². The second-order valence-electron chi connectivity index (χ2n) is 7.56. The molecule has 1 aliphatic heterocycles. The summed E-state index contributed by atoms with van der Waals surface area (Å²) < 4.78 is 108. The van der Waals surface area contributed by atoms with Gasteiger partial charge < -0.3 is 4.74 Å². The standard InChI is InChI=1S/C23H16F6N2O3S/c24-22(25,26)16-4-9-20-14(12-16)10-11-30-21(20)15-2-1-3-17(13-15)31-35(32,33)19-7-5-18(6-8-19)34-23(27,28)29/h1-9,12-13,31H,10-11H2. The lowest BCUT2D eigenvalue weighted by molar-refractivity contribution is -0.274. The van der Waals surface area contributed by atoms with E-state index in [9.17, 15) is 34.8 Å². The van der Waals surface area contributed by atoms with Gasteiger partial charge in [0.25, 0.3) is 10.0 Å². The number of hydrogen-bond acceptors (Lipinski definition) is 4. The summed E-state index contributed by atoms with van der Waals surface area (Å²) in [6.45, 7) is 0.270. The normalized spacial score (nSPS) is 14.2. The van der Waals surface area contributed by atoms with Crippen molar-refractivity contribution in [3.05, 3.63) is 89.0 Å². The highest BCUT2D eigenvalue weighted by molar-refractivity contribution is 7.92. The van der Waals surface area contributed by atoms with E-state index in [1.807, 2.05) is 0 Å². The number of rotatable bonds is 5. The Labute approximate surface area is 196 Å². The minimum absolute atomic E-state index is 0.139. The predicted octanol–water partition coefficient (Wildman–Crippen LogP) is 5.80. The second-order valence-corrected chi connectivity index (χ2v) is 9.24. The van der Waals surface area contributed by atoms with Crippen LogP contribution in [-0.2, 0) is 22.6 Å². The SMILES string of the molecule is O=S(=O)(Nc1cccc(C2=NCCc3cc(C(F)(F)F)ccc32)c1)c1ccc(OC(F)(F)F)cc1. The first-order valence-electron chi connectivity index (χ1n) is 10.1. The summed E-state index contributed by atoms with van der Waals surface area (Å²) in [4.78, 5) is 4.13. The van der Waals surface area contributed by atoms with E-state index in [1.54, 1.807) is 12.1 Å². The maximum Gasteiger partial charge on any atom is 0.573 e. The van der Waals surface area contributed by atoms with Crippen LogP contribution < -0.4 is 9.46 Å². The van der Waals surface area contributed by atoms with Crippen molar-refractivity contribution >= 4 is 21.4 Å². The minimum Gasteiger partial charge on any atom is -0.406 e. The number of hydrogen-bond donors (Lipinski definition) is 1. The molecule has 5 nitrogen and oxygen atoms in total. The van der Waals surface area contributed by atoms with Crippen LogP contribution in [0.1, 0.15) is 22.3 Å². The Bertz CT molecular complexity index is 1380. The molecule has 0 amide bonds. The number of nitrogens with one attached hydrogen (secondary N) is 1. The molecule has 0 bridgehead atoms. The fraction of sp³-hybridized carbons (Fsp3) is 0.174. The first kappa shape index (κ1) is 24.6. The zero-order valence-corrected chi connectivity index (χ0v) is 18.4. The van der Waals surface area contributed by atoms with Crippen LogP contribution in [0.3, 0.4) is 0 Å². The van der Waals surface area contributed by atoms with E-state index >= 15 is 0 Å². The molecule has 0 aliphatic carbocycles. The van der Waals surface area contributed by atoms with Crippen molar-refractivity contribution in [2.75, 3.05) is 11.3 Å².